The first kappa shape index (κ1) is 19.9. The topological polar surface area (TPSA) is 81.3 Å². The van der Waals surface area contributed by atoms with E-state index in [1.54, 1.807) is 26.0 Å². The Labute approximate surface area is 161 Å². The first-order valence-electron chi connectivity index (χ1n) is 8.23. The second-order valence-electron chi connectivity index (χ2n) is 6.01. The molecule has 0 spiro atoms. The highest BCUT2D eigenvalue weighted by molar-refractivity contribution is 6.29. The summed E-state index contributed by atoms with van der Waals surface area (Å²) in [6, 6.07) is 5.03. The van der Waals surface area contributed by atoms with E-state index in [1.165, 1.54) is 0 Å². The summed E-state index contributed by atoms with van der Waals surface area (Å²) < 4.78 is 40.4. The van der Waals surface area contributed by atoms with E-state index in [1.807, 2.05) is 0 Å². The minimum Gasteiger partial charge on any atom is -0.351 e. The smallest absolute Gasteiger partial charge is 0.351 e. The van der Waals surface area contributed by atoms with Gasteiger partial charge in [0.1, 0.15) is 16.5 Å². The van der Waals surface area contributed by atoms with E-state index < -0.39 is 23.3 Å². The zero-order valence-corrected chi connectivity index (χ0v) is 15.6. The monoisotopic (exact) mass is 413 g/mol. The van der Waals surface area contributed by atoms with Crippen molar-refractivity contribution in [3.8, 4) is 0 Å². The summed E-state index contributed by atoms with van der Waals surface area (Å²) in [6.07, 6.45) is -4.63. The van der Waals surface area contributed by atoms with Crippen LogP contribution in [-0.2, 0) is 12.7 Å². The molecule has 0 bridgehead atoms. The van der Waals surface area contributed by atoms with Crippen LogP contribution in [0.2, 0.25) is 5.15 Å². The van der Waals surface area contributed by atoms with Crippen molar-refractivity contribution in [2.45, 2.75) is 26.6 Å². The van der Waals surface area contributed by atoms with Crippen molar-refractivity contribution >= 4 is 23.2 Å². The second-order valence-corrected chi connectivity index (χ2v) is 6.40. The van der Waals surface area contributed by atoms with Crippen LogP contribution < -0.4 is 10.9 Å². The van der Waals surface area contributed by atoms with Gasteiger partial charge < -0.3 is 5.32 Å². The highest BCUT2D eigenvalue weighted by atomic mass is 35.5. The van der Waals surface area contributed by atoms with Crippen LogP contribution in [0.1, 0.15) is 34.4 Å². The molecule has 1 N–H and O–H groups in total. The van der Waals surface area contributed by atoms with Gasteiger partial charge in [-0.15, -0.1) is 0 Å². The molecule has 0 saturated carbocycles. The Morgan fingerprint density at radius 3 is 2.61 bits per heavy atom. The van der Waals surface area contributed by atoms with E-state index in [4.69, 9.17) is 11.6 Å². The van der Waals surface area contributed by atoms with Gasteiger partial charge in [-0.25, -0.2) is 9.67 Å². The number of carbonyl (C=O) groups excluding carboxylic acids is 1. The standard InChI is InChI=1S/C17H15ClF3N5O2/c1-3-22-16(28)15-9(2)4-5-13-23-10(6-14(27)26(13)15)8-25-12(18)7-11(24-25)17(19,20)21/h4-7H,3,8H2,1-2H3,(H,22,28). The molecule has 3 aromatic heterocycles. The number of aryl methyl sites for hydroxylation is 1. The van der Waals surface area contributed by atoms with E-state index in [2.05, 4.69) is 15.4 Å². The number of carbonyl (C=O) groups is 1. The third-order valence-electron chi connectivity index (χ3n) is 3.96. The molecule has 0 unspecified atom stereocenters. The van der Waals surface area contributed by atoms with Crippen molar-refractivity contribution in [1.29, 1.82) is 0 Å². The minimum atomic E-state index is -4.63. The lowest BCUT2D eigenvalue weighted by Crippen LogP contribution is -2.30. The van der Waals surface area contributed by atoms with Gasteiger partial charge in [0.25, 0.3) is 11.5 Å². The van der Waals surface area contributed by atoms with Crippen LogP contribution in [0.25, 0.3) is 5.65 Å². The maximum absolute atomic E-state index is 12.8. The molecule has 0 atom stereocenters. The lowest BCUT2D eigenvalue weighted by molar-refractivity contribution is -0.141. The summed E-state index contributed by atoms with van der Waals surface area (Å²) in [5.74, 6) is -0.424. The van der Waals surface area contributed by atoms with Crippen molar-refractivity contribution in [3.63, 3.8) is 0 Å². The van der Waals surface area contributed by atoms with E-state index in [0.717, 1.165) is 15.1 Å². The quantitative estimate of drug-likeness (QED) is 0.713. The third-order valence-corrected chi connectivity index (χ3v) is 4.27. The van der Waals surface area contributed by atoms with Gasteiger partial charge in [0.05, 0.1) is 12.2 Å². The van der Waals surface area contributed by atoms with Crippen molar-refractivity contribution in [2.24, 2.45) is 0 Å². The van der Waals surface area contributed by atoms with Crippen LogP contribution in [0.3, 0.4) is 0 Å². The average Bonchev–Trinajstić information content (AvgIpc) is 2.96. The minimum absolute atomic E-state index is 0.153. The first-order chi connectivity index (χ1) is 13.1. The Bertz CT molecular complexity index is 1120. The molecule has 3 aromatic rings. The normalized spacial score (nSPS) is 11.8. The highest BCUT2D eigenvalue weighted by Crippen LogP contribution is 2.30. The lowest BCUT2D eigenvalue weighted by atomic mass is 10.2. The zero-order chi connectivity index (χ0) is 20.6. The summed E-state index contributed by atoms with van der Waals surface area (Å²) in [5, 5.41) is 5.82. The van der Waals surface area contributed by atoms with E-state index >= 15 is 0 Å². The molecule has 0 saturated heterocycles. The molecule has 3 heterocycles. The molecule has 11 heteroatoms. The van der Waals surface area contributed by atoms with Crippen LogP contribution in [-0.4, -0.2) is 31.6 Å². The summed E-state index contributed by atoms with van der Waals surface area (Å²) in [4.78, 5) is 29.2. The van der Waals surface area contributed by atoms with Gasteiger partial charge in [-0.2, -0.15) is 18.3 Å². The van der Waals surface area contributed by atoms with Gasteiger partial charge in [-0.3, -0.25) is 14.0 Å². The summed E-state index contributed by atoms with van der Waals surface area (Å²) in [7, 11) is 0. The molecule has 0 radical (unpaired) electrons. The molecular formula is C17H15ClF3N5O2. The Morgan fingerprint density at radius 1 is 1.29 bits per heavy atom. The Balaban J connectivity index is 2.06. The average molecular weight is 414 g/mol. The van der Waals surface area contributed by atoms with Crippen LogP contribution in [0.15, 0.2) is 29.1 Å². The van der Waals surface area contributed by atoms with Crippen molar-refractivity contribution in [1.82, 2.24) is 24.5 Å². The van der Waals surface area contributed by atoms with Crippen molar-refractivity contribution in [2.75, 3.05) is 6.54 Å². The fourth-order valence-electron chi connectivity index (χ4n) is 2.74. The largest absolute Gasteiger partial charge is 0.435 e. The molecule has 0 fully saturated rings. The van der Waals surface area contributed by atoms with E-state index in [-0.39, 0.29) is 28.7 Å². The number of hydrogen-bond donors (Lipinski definition) is 1. The summed E-state index contributed by atoms with van der Waals surface area (Å²) >= 11 is 5.82. The number of hydrogen-bond acceptors (Lipinski definition) is 4. The number of nitrogens with zero attached hydrogens (tertiary/aromatic N) is 4. The van der Waals surface area contributed by atoms with Crippen molar-refractivity contribution < 1.29 is 18.0 Å². The summed E-state index contributed by atoms with van der Waals surface area (Å²) in [5.41, 5.74) is -0.587. The first-order valence-corrected chi connectivity index (χ1v) is 8.60. The molecule has 148 valence electrons. The van der Waals surface area contributed by atoms with Crippen LogP contribution in [0.4, 0.5) is 13.2 Å². The number of nitrogens with one attached hydrogen (secondary N) is 1. The van der Waals surface area contributed by atoms with Crippen LogP contribution in [0.5, 0.6) is 0 Å². The summed E-state index contributed by atoms with van der Waals surface area (Å²) in [6.45, 7) is 3.59. The predicted molar refractivity (Wildman–Crippen MR) is 95.5 cm³/mol. The molecule has 3 rings (SSSR count). The van der Waals surface area contributed by atoms with Crippen LogP contribution in [0, 0.1) is 6.92 Å². The number of rotatable bonds is 4. The SMILES string of the molecule is CCNC(=O)c1c(C)ccc2nc(Cn3nc(C(F)(F)F)cc3Cl)cc(=O)n12. The maximum Gasteiger partial charge on any atom is 0.435 e. The van der Waals surface area contributed by atoms with E-state index in [0.29, 0.717) is 18.2 Å². The molecular weight excluding hydrogens is 399 g/mol. The fourth-order valence-corrected chi connectivity index (χ4v) is 2.94. The van der Waals surface area contributed by atoms with Crippen molar-refractivity contribution in [3.05, 3.63) is 62.4 Å². The number of alkyl halides is 3. The molecule has 28 heavy (non-hydrogen) atoms. The van der Waals surface area contributed by atoms with Gasteiger partial charge in [-0.1, -0.05) is 17.7 Å². The molecule has 0 aliphatic carbocycles. The van der Waals surface area contributed by atoms with Gasteiger partial charge in [0.2, 0.25) is 0 Å². The number of halogens is 4. The van der Waals surface area contributed by atoms with Gasteiger partial charge in [-0.05, 0) is 25.5 Å². The maximum atomic E-state index is 12.8. The Morgan fingerprint density at radius 2 is 2.00 bits per heavy atom. The Hall–Kier alpha value is -2.88. The van der Waals surface area contributed by atoms with Gasteiger partial charge in [0, 0.05) is 18.7 Å². The molecule has 1 amide bonds. The third kappa shape index (κ3) is 3.72. The molecule has 0 aliphatic rings. The van der Waals surface area contributed by atoms with E-state index in [9.17, 15) is 22.8 Å². The number of fused-ring (bicyclic) bond motifs is 1. The van der Waals surface area contributed by atoms with Gasteiger partial charge in [0.15, 0.2) is 5.69 Å². The van der Waals surface area contributed by atoms with Gasteiger partial charge >= 0.3 is 6.18 Å². The number of amides is 1. The highest BCUT2D eigenvalue weighted by Gasteiger charge is 2.34. The number of aromatic nitrogens is 4. The molecule has 0 aromatic carbocycles. The predicted octanol–water partition coefficient (Wildman–Crippen LogP) is 2.67. The lowest BCUT2D eigenvalue weighted by Gasteiger charge is -2.12. The zero-order valence-electron chi connectivity index (χ0n) is 14.8. The fraction of sp³-hybridized carbons (Fsp3) is 0.294. The molecule has 0 aliphatic heterocycles. The molecule has 7 nitrogen and oxygen atoms in total. The number of pyridine rings is 1. The second kappa shape index (κ2) is 7.27. The van der Waals surface area contributed by atoms with Crippen LogP contribution >= 0.6 is 11.6 Å². The Kier molecular flexibility index (Phi) is 5.16.